The third-order valence-electron chi connectivity index (χ3n) is 4.00. The maximum absolute atomic E-state index is 11.5. The number of ketones is 1. The fourth-order valence-electron chi connectivity index (χ4n) is 2.53. The summed E-state index contributed by atoms with van der Waals surface area (Å²) >= 11 is 0. The largest absolute Gasteiger partial charge is 0.293 e. The molecule has 0 saturated carbocycles. The van der Waals surface area contributed by atoms with Crippen LogP contribution in [0.15, 0.2) is 6.07 Å². The van der Waals surface area contributed by atoms with Gasteiger partial charge in [-0.05, 0) is 68.5 Å². The van der Waals surface area contributed by atoms with E-state index in [4.69, 9.17) is 0 Å². The first-order valence-electron chi connectivity index (χ1n) is 6.23. The molecule has 0 fully saturated rings. The van der Waals surface area contributed by atoms with E-state index in [2.05, 4.69) is 39.6 Å². The molecule has 0 bridgehead atoms. The van der Waals surface area contributed by atoms with Crippen LogP contribution >= 0.6 is 0 Å². The molecule has 0 amide bonds. The third-order valence-corrected chi connectivity index (χ3v) is 4.00. The van der Waals surface area contributed by atoms with Gasteiger partial charge in [-0.1, -0.05) is 0 Å². The highest BCUT2D eigenvalue weighted by Gasteiger charge is 2.14. The SMILES string of the molecule is CC(=O)c1cc(C)c2c(C)c(C)c(C)c(C)c2n1. The molecule has 1 heterocycles. The van der Waals surface area contributed by atoms with Crippen molar-refractivity contribution in [3.63, 3.8) is 0 Å². The molecule has 2 nitrogen and oxygen atoms in total. The number of rotatable bonds is 1. The van der Waals surface area contributed by atoms with Crippen LogP contribution < -0.4 is 0 Å². The van der Waals surface area contributed by atoms with Crippen LogP contribution in [-0.4, -0.2) is 10.8 Å². The Kier molecular flexibility index (Phi) is 2.97. The minimum Gasteiger partial charge on any atom is -0.293 e. The number of hydrogen-bond donors (Lipinski definition) is 0. The minimum atomic E-state index is 0.0234. The zero-order valence-electron chi connectivity index (χ0n) is 11.9. The van der Waals surface area contributed by atoms with Crippen molar-refractivity contribution in [3.8, 4) is 0 Å². The molecule has 0 saturated heterocycles. The zero-order chi connectivity index (χ0) is 13.6. The summed E-state index contributed by atoms with van der Waals surface area (Å²) in [5.74, 6) is 0.0234. The monoisotopic (exact) mass is 241 g/mol. The molecule has 0 atom stereocenters. The number of hydrogen-bond acceptors (Lipinski definition) is 2. The number of aryl methyl sites for hydroxylation is 3. The summed E-state index contributed by atoms with van der Waals surface area (Å²) in [6.45, 7) is 12.1. The number of nitrogens with zero attached hydrogens (tertiary/aromatic N) is 1. The molecular formula is C16H19NO. The summed E-state index contributed by atoms with van der Waals surface area (Å²) in [6, 6.07) is 1.89. The second kappa shape index (κ2) is 4.20. The summed E-state index contributed by atoms with van der Waals surface area (Å²) in [5.41, 5.74) is 7.71. The van der Waals surface area contributed by atoms with E-state index in [1.807, 2.05) is 6.07 Å². The molecule has 0 unspecified atom stereocenters. The van der Waals surface area contributed by atoms with Crippen LogP contribution in [0, 0.1) is 34.6 Å². The Bertz CT molecular complexity index is 669. The van der Waals surface area contributed by atoms with Gasteiger partial charge in [0, 0.05) is 12.3 Å². The van der Waals surface area contributed by atoms with Gasteiger partial charge in [0.2, 0.25) is 0 Å². The molecule has 1 aromatic heterocycles. The Morgan fingerprint density at radius 2 is 1.50 bits per heavy atom. The van der Waals surface area contributed by atoms with Crippen molar-refractivity contribution >= 4 is 16.7 Å². The zero-order valence-corrected chi connectivity index (χ0v) is 11.9. The van der Waals surface area contributed by atoms with E-state index in [0.29, 0.717) is 5.69 Å². The summed E-state index contributed by atoms with van der Waals surface area (Å²) in [6.07, 6.45) is 0. The first-order chi connectivity index (χ1) is 8.34. The molecule has 0 aliphatic carbocycles. The molecule has 0 aliphatic heterocycles. The maximum atomic E-state index is 11.5. The number of carbonyl (C=O) groups is 1. The molecule has 2 heteroatoms. The predicted molar refractivity (Wildman–Crippen MR) is 75.4 cm³/mol. The van der Waals surface area contributed by atoms with Gasteiger partial charge in [-0.2, -0.15) is 0 Å². The van der Waals surface area contributed by atoms with Gasteiger partial charge in [-0.25, -0.2) is 4.98 Å². The highest BCUT2D eigenvalue weighted by molar-refractivity contribution is 5.98. The summed E-state index contributed by atoms with van der Waals surface area (Å²) in [4.78, 5) is 16.1. The molecule has 0 N–H and O–H groups in total. The molecule has 0 radical (unpaired) electrons. The Labute approximate surface area is 108 Å². The molecule has 0 aliphatic rings. The van der Waals surface area contributed by atoms with Crippen LogP contribution in [0.2, 0.25) is 0 Å². The predicted octanol–water partition coefficient (Wildman–Crippen LogP) is 3.98. The van der Waals surface area contributed by atoms with Crippen LogP contribution in [0.5, 0.6) is 0 Å². The second-order valence-corrected chi connectivity index (χ2v) is 5.10. The standard InChI is InChI=1S/C16H19NO/c1-8-7-14(13(6)18)17-16-12(5)10(3)9(2)11(4)15(8)16/h7H,1-6H3. The van der Waals surface area contributed by atoms with Crippen molar-refractivity contribution < 1.29 is 4.79 Å². The number of fused-ring (bicyclic) bond motifs is 1. The number of benzene rings is 1. The van der Waals surface area contributed by atoms with Gasteiger partial charge in [0.15, 0.2) is 5.78 Å². The van der Waals surface area contributed by atoms with Gasteiger partial charge in [0.25, 0.3) is 0 Å². The first kappa shape index (κ1) is 12.7. The van der Waals surface area contributed by atoms with E-state index in [0.717, 1.165) is 11.1 Å². The topological polar surface area (TPSA) is 30.0 Å². The van der Waals surface area contributed by atoms with Crippen molar-refractivity contribution in [1.82, 2.24) is 4.98 Å². The smallest absolute Gasteiger partial charge is 0.178 e. The Morgan fingerprint density at radius 1 is 0.944 bits per heavy atom. The highest BCUT2D eigenvalue weighted by Crippen LogP contribution is 2.30. The van der Waals surface area contributed by atoms with Crippen LogP contribution in [0.4, 0.5) is 0 Å². The van der Waals surface area contributed by atoms with Gasteiger partial charge >= 0.3 is 0 Å². The van der Waals surface area contributed by atoms with Crippen molar-refractivity contribution in [3.05, 3.63) is 39.6 Å². The lowest BCUT2D eigenvalue weighted by molar-refractivity contribution is 0.101. The Morgan fingerprint density at radius 3 is 2.06 bits per heavy atom. The Balaban J connectivity index is 3.02. The first-order valence-corrected chi connectivity index (χ1v) is 6.23. The van der Waals surface area contributed by atoms with Crippen molar-refractivity contribution in [2.75, 3.05) is 0 Å². The quantitative estimate of drug-likeness (QED) is 0.707. The number of Topliss-reactive ketones (excluding diaryl/α,β-unsaturated/α-hetero) is 1. The number of pyridine rings is 1. The summed E-state index contributed by atoms with van der Waals surface area (Å²) in [5, 5.41) is 1.20. The maximum Gasteiger partial charge on any atom is 0.178 e. The minimum absolute atomic E-state index is 0.0234. The van der Waals surface area contributed by atoms with Crippen LogP contribution in [0.1, 0.15) is 45.2 Å². The normalized spacial score (nSPS) is 11.0. The Hall–Kier alpha value is -1.70. The molecule has 94 valence electrons. The van der Waals surface area contributed by atoms with E-state index in [1.165, 1.54) is 27.6 Å². The lowest BCUT2D eigenvalue weighted by atomic mass is 9.92. The van der Waals surface area contributed by atoms with Crippen LogP contribution in [0.25, 0.3) is 10.9 Å². The van der Waals surface area contributed by atoms with Crippen LogP contribution in [0.3, 0.4) is 0 Å². The second-order valence-electron chi connectivity index (χ2n) is 5.10. The summed E-state index contributed by atoms with van der Waals surface area (Å²) in [7, 11) is 0. The molecule has 1 aromatic carbocycles. The highest BCUT2D eigenvalue weighted by atomic mass is 16.1. The van der Waals surface area contributed by atoms with E-state index in [-0.39, 0.29) is 5.78 Å². The van der Waals surface area contributed by atoms with Crippen molar-refractivity contribution in [1.29, 1.82) is 0 Å². The average Bonchev–Trinajstić information content (AvgIpc) is 2.32. The van der Waals surface area contributed by atoms with Crippen LogP contribution in [-0.2, 0) is 0 Å². The van der Waals surface area contributed by atoms with E-state index < -0.39 is 0 Å². The molecule has 2 rings (SSSR count). The van der Waals surface area contributed by atoms with Gasteiger partial charge < -0.3 is 0 Å². The summed E-state index contributed by atoms with van der Waals surface area (Å²) < 4.78 is 0. The van der Waals surface area contributed by atoms with E-state index in [1.54, 1.807) is 6.92 Å². The van der Waals surface area contributed by atoms with Gasteiger partial charge in [-0.15, -0.1) is 0 Å². The van der Waals surface area contributed by atoms with Gasteiger partial charge in [0.05, 0.1) is 5.52 Å². The molecular weight excluding hydrogens is 222 g/mol. The molecule has 2 aromatic rings. The number of carbonyl (C=O) groups excluding carboxylic acids is 1. The molecule has 18 heavy (non-hydrogen) atoms. The van der Waals surface area contributed by atoms with E-state index in [9.17, 15) is 4.79 Å². The fourth-order valence-corrected chi connectivity index (χ4v) is 2.53. The number of aromatic nitrogens is 1. The van der Waals surface area contributed by atoms with Gasteiger partial charge in [-0.3, -0.25) is 4.79 Å². The average molecular weight is 241 g/mol. The molecule has 0 spiro atoms. The van der Waals surface area contributed by atoms with E-state index >= 15 is 0 Å². The lowest BCUT2D eigenvalue weighted by Crippen LogP contribution is -2.03. The van der Waals surface area contributed by atoms with Gasteiger partial charge in [0.1, 0.15) is 5.69 Å². The van der Waals surface area contributed by atoms with Crippen molar-refractivity contribution in [2.24, 2.45) is 0 Å². The van der Waals surface area contributed by atoms with Crippen molar-refractivity contribution in [2.45, 2.75) is 41.5 Å². The third kappa shape index (κ3) is 1.72. The lowest BCUT2D eigenvalue weighted by Gasteiger charge is -2.15. The fraction of sp³-hybridized carbons (Fsp3) is 0.375.